The normalized spacial score (nSPS) is 10.9. The molecule has 2 rings (SSSR count). The number of ether oxygens (including phenoxy) is 1. The second-order valence-electron chi connectivity index (χ2n) is 4.54. The van der Waals surface area contributed by atoms with Crippen LogP contribution < -0.4 is 15.4 Å². The molecule has 7 nitrogen and oxygen atoms in total. The van der Waals surface area contributed by atoms with Crippen LogP contribution in [0.3, 0.4) is 0 Å². The fraction of sp³-hybridized carbons (Fsp3) is 0.357. The Kier molecular flexibility index (Phi) is 8.31. The smallest absolute Gasteiger partial charge is 0.191 e. The standard InChI is InChI=1S/C14H19BrN6O.HI/c1-16-14(18-8-13-19-9-20-21(13)2)17-7-10-6-11(15)4-5-12(10)22-3;/h4-6,9H,7-8H2,1-3H3,(H2,16,17,18);1H. The van der Waals surface area contributed by atoms with E-state index in [1.165, 1.54) is 6.33 Å². The molecule has 1 aromatic carbocycles. The van der Waals surface area contributed by atoms with Crippen molar-refractivity contribution in [2.24, 2.45) is 12.0 Å². The Morgan fingerprint density at radius 2 is 2.09 bits per heavy atom. The van der Waals surface area contributed by atoms with E-state index in [1.54, 1.807) is 18.8 Å². The number of benzene rings is 1. The van der Waals surface area contributed by atoms with E-state index in [9.17, 15) is 0 Å². The lowest BCUT2D eigenvalue weighted by molar-refractivity contribution is 0.409. The predicted octanol–water partition coefficient (Wildman–Crippen LogP) is 2.07. The van der Waals surface area contributed by atoms with Gasteiger partial charge in [-0.05, 0) is 18.2 Å². The van der Waals surface area contributed by atoms with Crippen molar-refractivity contribution in [2.75, 3.05) is 14.2 Å². The van der Waals surface area contributed by atoms with Crippen molar-refractivity contribution >= 4 is 45.9 Å². The molecule has 0 saturated heterocycles. The van der Waals surface area contributed by atoms with Gasteiger partial charge in [-0.15, -0.1) is 24.0 Å². The van der Waals surface area contributed by atoms with Gasteiger partial charge >= 0.3 is 0 Å². The zero-order valence-corrected chi connectivity index (χ0v) is 17.1. The minimum atomic E-state index is 0. The molecule has 0 radical (unpaired) electrons. The van der Waals surface area contributed by atoms with Gasteiger partial charge < -0.3 is 15.4 Å². The van der Waals surface area contributed by atoms with E-state index < -0.39 is 0 Å². The molecule has 126 valence electrons. The number of aromatic nitrogens is 3. The van der Waals surface area contributed by atoms with Crippen molar-refractivity contribution in [1.82, 2.24) is 25.4 Å². The quantitative estimate of drug-likeness (QED) is 0.378. The summed E-state index contributed by atoms with van der Waals surface area (Å²) >= 11 is 3.47. The molecule has 0 aliphatic heterocycles. The maximum atomic E-state index is 5.36. The number of hydrogen-bond acceptors (Lipinski definition) is 4. The van der Waals surface area contributed by atoms with E-state index in [0.717, 1.165) is 21.6 Å². The molecule has 0 aliphatic carbocycles. The van der Waals surface area contributed by atoms with Gasteiger partial charge in [-0.3, -0.25) is 9.67 Å². The SMILES string of the molecule is CN=C(NCc1cc(Br)ccc1OC)NCc1ncnn1C.I. The van der Waals surface area contributed by atoms with Crippen LogP contribution in [0.25, 0.3) is 0 Å². The van der Waals surface area contributed by atoms with Gasteiger partial charge in [0.1, 0.15) is 17.9 Å². The van der Waals surface area contributed by atoms with Crippen molar-refractivity contribution < 1.29 is 4.74 Å². The van der Waals surface area contributed by atoms with Gasteiger partial charge in [0.05, 0.1) is 13.7 Å². The molecular weight excluding hydrogens is 475 g/mol. The Morgan fingerprint density at radius 1 is 1.35 bits per heavy atom. The van der Waals surface area contributed by atoms with E-state index in [4.69, 9.17) is 4.74 Å². The first-order valence-corrected chi connectivity index (χ1v) is 7.53. The van der Waals surface area contributed by atoms with Crippen molar-refractivity contribution in [1.29, 1.82) is 0 Å². The van der Waals surface area contributed by atoms with E-state index >= 15 is 0 Å². The highest BCUT2D eigenvalue weighted by molar-refractivity contribution is 14.0. The molecule has 0 fully saturated rings. The zero-order valence-electron chi connectivity index (χ0n) is 13.2. The number of aliphatic imine (C=N–C) groups is 1. The summed E-state index contributed by atoms with van der Waals surface area (Å²) in [5.41, 5.74) is 1.04. The van der Waals surface area contributed by atoms with Gasteiger partial charge in [0.2, 0.25) is 0 Å². The number of nitrogens with zero attached hydrogens (tertiary/aromatic N) is 4. The summed E-state index contributed by atoms with van der Waals surface area (Å²) < 4.78 is 8.08. The Bertz CT molecular complexity index is 660. The summed E-state index contributed by atoms with van der Waals surface area (Å²) in [7, 11) is 5.24. The molecule has 1 heterocycles. The first-order chi connectivity index (χ1) is 10.6. The number of aryl methyl sites for hydroxylation is 1. The largest absolute Gasteiger partial charge is 0.496 e. The summed E-state index contributed by atoms with van der Waals surface area (Å²) in [5, 5.41) is 10.5. The van der Waals surface area contributed by atoms with Gasteiger partial charge in [-0.2, -0.15) is 5.10 Å². The number of rotatable bonds is 5. The van der Waals surface area contributed by atoms with E-state index in [1.807, 2.05) is 25.2 Å². The zero-order chi connectivity index (χ0) is 15.9. The van der Waals surface area contributed by atoms with Crippen LogP contribution in [0.2, 0.25) is 0 Å². The molecule has 0 bridgehead atoms. The molecule has 0 spiro atoms. The Hall–Kier alpha value is -1.36. The van der Waals surface area contributed by atoms with Crippen LogP contribution in [-0.4, -0.2) is 34.9 Å². The van der Waals surface area contributed by atoms with Crippen LogP contribution in [0, 0.1) is 0 Å². The highest BCUT2D eigenvalue weighted by Gasteiger charge is 2.06. The first-order valence-electron chi connectivity index (χ1n) is 6.74. The first kappa shape index (κ1) is 19.7. The van der Waals surface area contributed by atoms with E-state index in [2.05, 4.69) is 41.6 Å². The van der Waals surface area contributed by atoms with Crippen molar-refractivity contribution in [3.63, 3.8) is 0 Å². The van der Waals surface area contributed by atoms with Crippen LogP contribution in [0.1, 0.15) is 11.4 Å². The van der Waals surface area contributed by atoms with Crippen LogP contribution in [0.4, 0.5) is 0 Å². The van der Waals surface area contributed by atoms with Crippen molar-refractivity contribution in [3.05, 3.63) is 40.4 Å². The summed E-state index contributed by atoms with van der Waals surface area (Å²) in [4.78, 5) is 8.35. The van der Waals surface area contributed by atoms with Gasteiger partial charge in [0.15, 0.2) is 5.96 Å². The van der Waals surface area contributed by atoms with Gasteiger partial charge in [-0.1, -0.05) is 15.9 Å². The highest BCUT2D eigenvalue weighted by atomic mass is 127. The van der Waals surface area contributed by atoms with Crippen molar-refractivity contribution in [2.45, 2.75) is 13.1 Å². The molecule has 23 heavy (non-hydrogen) atoms. The topological polar surface area (TPSA) is 76.4 Å². The summed E-state index contributed by atoms with van der Waals surface area (Å²) in [6.07, 6.45) is 1.53. The van der Waals surface area contributed by atoms with Crippen LogP contribution in [-0.2, 0) is 20.1 Å². The molecule has 0 saturated carbocycles. The Labute approximate surface area is 161 Å². The number of nitrogens with one attached hydrogen (secondary N) is 2. The maximum absolute atomic E-state index is 5.36. The molecule has 0 aliphatic rings. The maximum Gasteiger partial charge on any atom is 0.191 e. The minimum absolute atomic E-state index is 0. The highest BCUT2D eigenvalue weighted by Crippen LogP contribution is 2.22. The number of halogens is 2. The van der Waals surface area contributed by atoms with Crippen LogP contribution in [0.5, 0.6) is 5.75 Å². The van der Waals surface area contributed by atoms with Crippen LogP contribution >= 0.6 is 39.9 Å². The molecule has 1 aromatic heterocycles. The monoisotopic (exact) mass is 494 g/mol. The van der Waals surface area contributed by atoms with Gasteiger partial charge in [0, 0.05) is 30.7 Å². The molecular formula is C14H20BrIN6O. The summed E-state index contributed by atoms with van der Waals surface area (Å²) in [6, 6.07) is 5.89. The van der Waals surface area contributed by atoms with Crippen molar-refractivity contribution in [3.8, 4) is 5.75 Å². The summed E-state index contributed by atoms with van der Waals surface area (Å²) in [6.45, 7) is 1.15. The lowest BCUT2D eigenvalue weighted by Gasteiger charge is -2.13. The molecule has 2 N–H and O–H groups in total. The average molecular weight is 495 g/mol. The lowest BCUT2D eigenvalue weighted by Crippen LogP contribution is -2.37. The average Bonchev–Trinajstić information content (AvgIpc) is 2.93. The molecule has 9 heteroatoms. The summed E-state index contributed by atoms with van der Waals surface area (Å²) in [5.74, 6) is 2.35. The molecule has 0 amide bonds. The molecule has 0 atom stereocenters. The molecule has 0 unspecified atom stereocenters. The van der Waals surface area contributed by atoms with Gasteiger partial charge in [0.25, 0.3) is 0 Å². The minimum Gasteiger partial charge on any atom is -0.496 e. The fourth-order valence-corrected chi connectivity index (χ4v) is 2.34. The lowest BCUT2D eigenvalue weighted by atomic mass is 10.2. The second kappa shape index (κ2) is 9.71. The Morgan fingerprint density at radius 3 is 2.70 bits per heavy atom. The molecule has 2 aromatic rings. The van der Waals surface area contributed by atoms with E-state index in [0.29, 0.717) is 19.0 Å². The predicted molar refractivity (Wildman–Crippen MR) is 104 cm³/mol. The third-order valence-corrected chi connectivity index (χ3v) is 3.62. The number of guanidine groups is 1. The van der Waals surface area contributed by atoms with E-state index in [-0.39, 0.29) is 24.0 Å². The number of hydrogen-bond donors (Lipinski definition) is 2. The van der Waals surface area contributed by atoms with Gasteiger partial charge in [-0.25, -0.2) is 4.98 Å². The van der Waals surface area contributed by atoms with Crippen LogP contribution in [0.15, 0.2) is 34.0 Å². The fourth-order valence-electron chi connectivity index (χ4n) is 1.93. The third-order valence-electron chi connectivity index (χ3n) is 3.13. The third kappa shape index (κ3) is 5.65. The Balaban J connectivity index is 0.00000264. The number of methoxy groups -OCH3 is 1. The second-order valence-corrected chi connectivity index (χ2v) is 5.45.